The van der Waals surface area contributed by atoms with Crippen LogP contribution in [0.15, 0.2) is 24.3 Å². The molecule has 0 aliphatic carbocycles. The first-order valence-corrected chi connectivity index (χ1v) is 3.81. The Kier molecular flexibility index (Phi) is 2.66. The molecule has 1 aromatic rings. The van der Waals surface area contributed by atoms with Gasteiger partial charge in [-0.05, 0) is 17.0 Å². The summed E-state index contributed by atoms with van der Waals surface area (Å²) in [6.07, 6.45) is 0. The van der Waals surface area contributed by atoms with Gasteiger partial charge in [-0.1, -0.05) is 38.1 Å². The average Bonchev–Trinajstić information content (AvgIpc) is 2.05. The highest BCUT2D eigenvalue weighted by atomic mass is 16.3. The first-order chi connectivity index (χ1) is 5.24. The van der Waals surface area contributed by atoms with Crippen molar-refractivity contribution in [3.05, 3.63) is 42.0 Å². The number of aliphatic hydroxyl groups is 1. The third kappa shape index (κ3) is 2.05. The summed E-state index contributed by atoms with van der Waals surface area (Å²) in [5, 5.41) is 8.72. The van der Waals surface area contributed by atoms with Gasteiger partial charge in [-0.15, -0.1) is 0 Å². The van der Waals surface area contributed by atoms with Gasteiger partial charge >= 0.3 is 0 Å². The van der Waals surface area contributed by atoms with Crippen LogP contribution in [0.2, 0.25) is 0 Å². The largest absolute Gasteiger partial charge is 0.385 e. The molecule has 0 aromatic heterocycles. The van der Waals surface area contributed by atoms with E-state index in [1.54, 1.807) is 0 Å². The first kappa shape index (κ1) is 8.28. The molecular formula is C10H13O. The lowest BCUT2D eigenvalue weighted by Gasteiger charge is -2.05. The summed E-state index contributed by atoms with van der Waals surface area (Å²) in [5.74, 6) is 0.523. The van der Waals surface area contributed by atoms with Crippen molar-refractivity contribution in [3.63, 3.8) is 0 Å². The van der Waals surface area contributed by atoms with Gasteiger partial charge < -0.3 is 5.11 Å². The van der Waals surface area contributed by atoms with Gasteiger partial charge in [-0.3, -0.25) is 0 Å². The van der Waals surface area contributed by atoms with Crippen LogP contribution in [-0.4, -0.2) is 5.11 Å². The summed E-state index contributed by atoms with van der Waals surface area (Å²) >= 11 is 0. The molecule has 0 atom stereocenters. The van der Waals surface area contributed by atoms with Gasteiger partial charge in [0, 0.05) is 0 Å². The summed E-state index contributed by atoms with van der Waals surface area (Å²) < 4.78 is 0. The molecule has 0 amide bonds. The van der Waals surface area contributed by atoms with Crippen LogP contribution in [0.5, 0.6) is 0 Å². The van der Waals surface area contributed by atoms with E-state index in [1.807, 2.05) is 18.2 Å². The lowest BCUT2D eigenvalue weighted by Crippen LogP contribution is -1.88. The molecule has 0 fully saturated rings. The molecule has 0 saturated carbocycles. The Hall–Kier alpha value is -0.820. The number of rotatable bonds is 2. The lowest BCUT2D eigenvalue weighted by molar-refractivity contribution is 0.414. The van der Waals surface area contributed by atoms with E-state index in [4.69, 9.17) is 5.11 Å². The van der Waals surface area contributed by atoms with Crippen molar-refractivity contribution in [2.24, 2.45) is 0 Å². The van der Waals surface area contributed by atoms with E-state index in [0.717, 1.165) is 12.2 Å². The molecule has 0 bridgehead atoms. The quantitative estimate of drug-likeness (QED) is 0.685. The molecule has 0 saturated heterocycles. The number of hydrogen-bond acceptors (Lipinski definition) is 1. The smallest absolute Gasteiger partial charge is 0.109 e. The van der Waals surface area contributed by atoms with Crippen LogP contribution >= 0.6 is 0 Å². The summed E-state index contributed by atoms with van der Waals surface area (Å²) in [7, 11) is 0. The van der Waals surface area contributed by atoms with Crippen LogP contribution in [0.25, 0.3) is 0 Å². The summed E-state index contributed by atoms with van der Waals surface area (Å²) in [6, 6.07) is 7.89. The molecule has 1 aromatic carbocycles. The minimum atomic E-state index is 0.523. The maximum Gasteiger partial charge on any atom is 0.109 e. The van der Waals surface area contributed by atoms with E-state index in [0.29, 0.717) is 5.92 Å². The Bertz CT molecular complexity index is 228. The molecule has 0 aliphatic heterocycles. The summed E-state index contributed by atoms with van der Waals surface area (Å²) in [5.41, 5.74) is 2.13. The van der Waals surface area contributed by atoms with Crippen LogP contribution in [-0.2, 0) is 0 Å². The zero-order chi connectivity index (χ0) is 8.27. The molecule has 1 rings (SSSR count). The minimum absolute atomic E-state index is 0.523. The Morgan fingerprint density at radius 2 is 2.09 bits per heavy atom. The van der Waals surface area contributed by atoms with E-state index >= 15 is 0 Å². The fourth-order valence-corrected chi connectivity index (χ4v) is 0.998. The Morgan fingerprint density at radius 1 is 1.36 bits per heavy atom. The van der Waals surface area contributed by atoms with Crippen molar-refractivity contribution >= 4 is 0 Å². The van der Waals surface area contributed by atoms with Crippen LogP contribution in [0.1, 0.15) is 30.9 Å². The molecule has 0 unspecified atom stereocenters. The van der Waals surface area contributed by atoms with Crippen molar-refractivity contribution in [2.75, 3.05) is 0 Å². The monoisotopic (exact) mass is 149 g/mol. The van der Waals surface area contributed by atoms with Crippen molar-refractivity contribution in [3.8, 4) is 0 Å². The van der Waals surface area contributed by atoms with E-state index in [2.05, 4.69) is 19.9 Å². The molecule has 0 aliphatic rings. The topological polar surface area (TPSA) is 20.2 Å². The molecule has 0 heterocycles. The Labute approximate surface area is 67.7 Å². The zero-order valence-corrected chi connectivity index (χ0v) is 6.91. The van der Waals surface area contributed by atoms with E-state index in [1.165, 1.54) is 5.56 Å². The van der Waals surface area contributed by atoms with Crippen LogP contribution < -0.4 is 0 Å². The van der Waals surface area contributed by atoms with Gasteiger partial charge in [0.2, 0.25) is 0 Å². The molecule has 1 radical (unpaired) electrons. The van der Waals surface area contributed by atoms with Crippen LogP contribution in [0, 0.1) is 6.61 Å². The van der Waals surface area contributed by atoms with Crippen molar-refractivity contribution in [1.82, 2.24) is 0 Å². The van der Waals surface area contributed by atoms with E-state index in [9.17, 15) is 0 Å². The van der Waals surface area contributed by atoms with Gasteiger partial charge in [0.15, 0.2) is 0 Å². The molecule has 59 valence electrons. The van der Waals surface area contributed by atoms with Crippen molar-refractivity contribution in [1.29, 1.82) is 0 Å². The van der Waals surface area contributed by atoms with E-state index in [-0.39, 0.29) is 0 Å². The number of aliphatic hydroxyl groups excluding tert-OH is 1. The summed E-state index contributed by atoms with van der Waals surface area (Å²) in [4.78, 5) is 0. The predicted molar refractivity (Wildman–Crippen MR) is 45.9 cm³/mol. The average molecular weight is 149 g/mol. The van der Waals surface area contributed by atoms with Gasteiger partial charge in [0.25, 0.3) is 0 Å². The SMILES string of the molecule is CC(C)c1cccc([CH]O)c1. The maximum absolute atomic E-state index is 8.72. The van der Waals surface area contributed by atoms with Crippen LogP contribution in [0.4, 0.5) is 0 Å². The highest BCUT2D eigenvalue weighted by Gasteiger charge is 1.98. The second kappa shape index (κ2) is 3.54. The maximum atomic E-state index is 8.72. The highest BCUT2D eigenvalue weighted by Crippen LogP contribution is 2.15. The van der Waals surface area contributed by atoms with Crippen LogP contribution in [0.3, 0.4) is 0 Å². The lowest BCUT2D eigenvalue weighted by atomic mass is 10.0. The molecule has 1 nitrogen and oxygen atoms in total. The fraction of sp³-hybridized carbons (Fsp3) is 0.300. The molecule has 0 spiro atoms. The Balaban J connectivity index is 2.91. The third-order valence-corrected chi connectivity index (χ3v) is 1.73. The molecule has 11 heavy (non-hydrogen) atoms. The molecule has 1 N–H and O–H groups in total. The van der Waals surface area contributed by atoms with Gasteiger partial charge in [-0.25, -0.2) is 0 Å². The predicted octanol–water partition coefficient (Wildman–Crippen LogP) is 2.69. The Morgan fingerprint density at radius 3 is 2.64 bits per heavy atom. The van der Waals surface area contributed by atoms with Crippen molar-refractivity contribution < 1.29 is 5.11 Å². The third-order valence-electron chi connectivity index (χ3n) is 1.73. The molecule has 1 heteroatoms. The second-order valence-electron chi connectivity index (χ2n) is 2.95. The molecular weight excluding hydrogens is 136 g/mol. The van der Waals surface area contributed by atoms with Gasteiger partial charge in [0.1, 0.15) is 6.61 Å². The normalized spacial score (nSPS) is 10.5. The van der Waals surface area contributed by atoms with Crippen molar-refractivity contribution in [2.45, 2.75) is 19.8 Å². The van der Waals surface area contributed by atoms with E-state index < -0.39 is 0 Å². The number of benzene rings is 1. The second-order valence-corrected chi connectivity index (χ2v) is 2.95. The number of hydrogen-bond donors (Lipinski definition) is 1. The highest BCUT2D eigenvalue weighted by molar-refractivity contribution is 5.28. The first-order valence-electron chi connectivity index (χ1n) is 3.81. The van der Waals surface area contributed by atoms with Gasteiger partial charge in [0.05, 0.1) is 0 Å². The van der Waals surface area contributed by atoms with Gasteiger partial charge in [-0.2, -0.15) is 0 Å². The zero-order valence-electron chi connectivity index (χ0n) is 6.91. The standard InChI is InChI=1S/C10H13O/c1-8(2)10-5-3-4-9(6-10)7-11/h3-8,11H,1-2H3. The summed E-state index contributed by atoms with van der Waals surface area (Å²) in [6.45, 7) is 5.40. The minimum Gasteiger partial charge on any atom is -0.385 e. The fourth-order valence-electron chi connectivity index (χ4n) is 0.998.